The highest BCUT2D eigenvalue weighted by Crippen LogP contribution is 2.36. The minimum Gasteiger partial charge on any atom is -0.388 e. The van der Waals surface area contributed by atoms with Crippen LogP contribution in [0.2, 0.25) is 0 Å². The Morgan fingerprint density at radius 1 is 1.36 bits per heavy atom. The van der Waals surface area contributed by atoms with Crippen LogP contribution < -0.4 is 0 Å². The van der Waals surface area contributed by atoms with Crippen LogP contribution in [0.4, 0.5) is 0 Å². The first-order valence-corrected chi connectivity index (χ1v) is 5.57. The van der Waals surface area contributed by atoms with E-state index in [4.69, 9.17) is 0 Å². The highest BCUT2D eigenvalue weighted by Gasteiger charge is 2.31. The van der Waals surface area contributed by atoms with Crippen molar-refractivity contribution in [3.05, 3.63) is 12.7 Å². The van der Waals surface area contributed by atoms with Crippen LogP contribution >= 0.6 is 67.8 Å². The average molecular weight is 492 g/mol. The second-order valence-corrected chi connectivity index (χ2v) is 12.5. The molecule has 0 saturated heterocycles. The normalized spacial score (nSPS) is 10.5. The van der Waals surface area contributed by atoms with Gasteiger partial charge in [-0.05, 0) is 67.8 Å². The molecule has 0 heterocycles. The highest BCUT2D eigenvalue weighted by atomic mass is 127. The van der Waals surface area contributed by atoms with Crippen LogP contribution in [-0.2, 0) is 14.3 Å². The van der Waals surface area contributed by atoms with Crippen molar-refractivity contribution >= 4 is 79.7 Å². The standard InChI is InChI=1S/C5H3I3O3/c1-2-3(9)11-4(10)5(6,7)8/h2H,1H2. The van der Waals surface area contributed by atoms with Gasteiger partial charge in [0.1, 0.15) is 0 Å². The molecule has 3 nitrogen and oxygen atoms in total. The first kappa shape index (κ1) is 12.1. The van der Waals surface area contributed by atoms with E-state index in [1.807, 2.05) is 67.8 Å². The predicted octanol–water partition coefficient (Wildman–Crippen LogP) is 2.20. The number of alkyl halides is 3. The van der Waals surface area contributed by atoms with E-state index in [0.29, 0.717) is 0 Å². The zero-order valence-electron chi connectivity index (χ0n) is 5.14. The molecule has 62 valence electrons. The van der Waals surface area contributed by atoms with Gasteiger partial charge in [0, 0.05) is 6.08 Å². The fourth-order valence-corrected chi connectivity index (χ4v) is 0.521. The summed E-state index contributed by atoms with van der Waals surface area (Å²) in [5.74, 6) is -1.30. The van der Waals surface area contributed by atoms with Crippen LogP contribution in [0.5, 0.6) is 0 Å². The summed E-state index contributed by atoms with van der Waals surface area (Å²) in [5.41, 5.74) is 0. The first-order valence-electron chi connectivity index (χ1n) is 2.33. The lowest BCUT2D eigenvalue weighted by Crippen LogP contribution is -2.22. The Bertz CT molecular complexity index is 194. The lowest BCUT2D eigenvalue weighted by atomic mass is 10.6. The Morgan fingerprint density at radius 2 is 1.82 bits per heavy atom. The smallest absolute Gasteiger partial charge is 0.350 e. The molecule has 0 bridgehead atoms. The number of rotatable bonds is 2. The van der Waals surface area contributed by atoms with E-state index in [1.54, 1.807) is 0 Å². The van der Waals surface area contributed by atoms with Gasteiger partial charge in [-0.1, -0.05) is 6.58 Å². The van der Waals surface area contributed by atoms with Crippen molar-refractivity contribution in [1.82, 2.24) is 0 Å². The van der Waals surface area contributed by atoms with E-state index in [1.165, 1.54) is 0 Å². The molecule has 6 heteroatoms. The minimum atomic E-state index is -0.730. The second kappa shape index (κ2) is 4.94. The van der Waals surface area contributed by atoms with Crippen molar-refractivity contribution < 1.29 is 14.3 Å². The van der Waals surface area contributed by atoms with Crippen LogP contribution in [-0.4, -0.2) is 11.4 Å². The van der Waals surface area contributed by atoms with Crippen molar-refractivity contribution in [3.8, 4) is 0 Å². The van der Waals surface area contributed by atoms with Crippen LogP contribution in [0.1, 0.15) is 0 Å². The van der Waals surface area contributed by atoms with Gasteiger partial charge in [0.25, 0.3) is 0 Å². The summed E-state index contributed by atoms with van der Waals surface area (Å²) in [7, 11) is 0. The Morgan fingerprint density at radius 3 is 2.09 bits per heavy atom. The topological polar surface area (TPSA) is 43.4 Å². The van der Waals surface area contributed by atoms with Gasteiger partial charge in [-0.2, -0.15) is 0 Å². The Hall–Kier alpha value is 1.07. The first-order chi connectivity index (χ1) is 4.88. The molecule has 0 amide bonds. The van der Waals surface area contributed by atoms with E-state index >= 15 is 0 Å². The molecule has 0 aliphatic carbocycles. The van der Waals surface area contributed by atoms with Crippen molar-refractivity contribution in [1.29, 1.82) is 0 Å². The third-order valence-corrected chi connectivity index (χ3v) is 1.91. The minimum absolute atomic E-state index is 0.579. The molecule has 0 radical (unpaired) electrons. The second-order valence-electron chi connectivity index (χ2n) is 1.41. The third kappa shape index (κ3) is 5.33. The molecule has 0 aromatic carbocycles. The van der Waals surface area contributed by atoms with Crippen molar-refractivity contribution in [2.75, 3.05) is 0 Å². The lowest BCUT2D eigenvalue weighted by Gasteiger charge is -2.08. The summed E-state index contributed by atoms with van der Waals surface area (Å²) < 4.78 is 3.62. The maximum atomic E-state index is 10.9. The molecule has 11 heavy (non-hydrogen) atoms. The zero-order chi connectivity index (χ0) is 9.07. The summed E-state index contributed by atoms with van der Waals surface area (Å²) in [4.78, 5) is 21.4. The number of ether oxygens (including phenoxy) is 1. The summed E-state index contributed by atoms with van der Waals surface area (Å²) in [6, 6.07) is 0. The van der Waals surface area contributed by atoms with E-state index < -0.39 is 11.4 Å². The van der Waals surface area contributed by atoms with Gasteiger partial charge in [-0.25, -0.2) is 9.59 Å². The van der Waals surface area contributed by atoms with Gasteiger partial charge in [0.15, 0.2) is 0 Å². The van der Waals surface area contributed by atoms with Gasteiger partial charge < -0.3 is 4.74 Å². The molecule has 0 saturated carbocycles. The molecule has 0 rings (SSSR count). The number of carbonyl (C=O) groups is 2. The molecule has 0 aliphatic rings. The molecule has 0 N–H and O–H groups in total. The van der Waals surface area contributed by atoms with Gasteiger partial charge in [-0.15, -0.1) is 0 Å². The van der Waals surface area contributed by atoms with Crippen LogP contribution in [0, 0.1) is 0 Å². The van der Waals surface area contributed by atoms with E-state index in [2.05, 4.69) is 11.3 Å². The highest BCUT2D eigenvalue weighted by molar-refractivity contribution is 14.3. The van der Waals surface area contributed by atoms with Crippen molar-refractivity contribution in [2.24, 2.45) is 0 Å². The number of esters is 2. The van der Waals surface area contributed by atoms with Gasteiger partial charge in [0.2, 0.25) is -0.565 Å². The predicted molar refractivity (Wildman–Crippen MR) is 66.1 cm³/mol. The summed E-state index contributed by atoms with van der Waals surface area (Å²) in [5, 5.41) is 0. The number of halogens is 3. The van der Waals surface area contributed by atoms with Gasteiger partial charge in [0.05, 0.1) is 0 Å². The largest absolute Gasteiger partial charge is 0.388 e. The van der Waals surface area contributed by atoms with E-state index in [0.717, 1.165) is 6.08 Å². The van der Waals surface area contributed by atoms with Crippen LogP contribution in [0.15, 0.2) is 12.7 Å². The van der Waals surface area contributed by atoms with E-state index in [-0.39, 0.29) is 0 Å². The molecule has 0 unspecified atom stereocenters. The molecule has 0 fully saturated rings. The fraction of sp³-hybridized carbons (Fsp3) is 0.200. The average Bonchev–Trinajstić information content (AvgIpc) is 1.85. The van der Waals surface area contributed by atoms with Crippen LogP contribution in [0.3, 0.4) is 0 Å². The van der Waals surface area contributed by atoms with E-state index in [9.17, 15) is 9.59 Å². The number of hydrogen-bond donors (Lipinski definition) is 0. The molecule has 0 aliphatic heterocycles. The molecular weight excluding hydrogens is 489 g/mol. The van der Waals surface area contributed by atoms with Crippen molar-refractivity contribution in [2.45, 2.75) is -0.565 Å². The Kier molecular flexibility index (Phi) is 5.42. The molecular formula is C5H3I3O3. The van der Waals surface area contributed by atoms with Gasteiger partial charge >= 0.3 is 11.9 Å². The van der Waals surface area contributed by atoms with Crippen molar-refractivity contribution in [3.63, 3.8) is 0 Å². The summed E-state index contributed by atoms with van der Waals surface area (Å²) in [6.45, 7) is 3.16. The maximum absolute atomic E-state index is 10.9. The molecule has 0 spiro atoms. The molecule has 0 atom stereocenters. The lowest BCUT2D eigenvalue weighted by molar-refractivity contribution is -0.154. The number of hydrogen-bond acceptors (Lipinski definition) is 3. The Labute approximate surface area is 105 Å². The molecule has 0 aromatic heterocycles. The summed E-state index contributed by atoms with van der Waals surface area (Å²) >= 11 is 5.59. The fourth-order valence-electron chi connectivity index (χ4n) is 0.191. The SMILES string of the molecule is C=CC(=O)OC(=O)C(I)(I)I. The zero-order valence-corrected chi connectivity index (χ0v) is 11.6. The summed E-state index contributed by atoms with van der Waals surface area (Å²) in [6.07, 6.45) is 0.952. The quantitative estimate of drug-likeness (QED) is 0.196. The van der Waals surface area contributed by atoms with Crippen LogP contribution in [0.25, 0.3) is 0 Å². The van der Waals surface area contributed by atoms with Gasteiger partial charge in [-0.3, -0.25) is 0 Å². The molecule has 0 aromatic rings. The Balaban J connectivity index is 4.09. The number of carbonyl (C=O) groups excluding carboxylic acids is 2. The maximum Gasteiger partial charge on any atom is 0.350 e. The third-order valence-electron chi connectivity index (χ3n) is 0.591. The monoisotopic (exact) mass is 492 g/mol.